The van der Waals surface area contributed by atoms with E-state index in [-0.39, 0.29) is 38.9 Å². The molecule has 0 aromatic heterocycles. The molecule has 13 nitrogen and oxygen atoms in total. The summed E-state index contributed by atoms with van der Waals surface area (Å²) in [7, 11) is 1.43. The Morgan fingerprint density at radius 2 is 1.60 bits per heavy atom. The molecule has 13 heteroatoms. The molecular formula is C37H47NO12. The molecule has 5 rings (SSSR count). The fourth-order valence-corrected chi connectivity index (χ4v) is 6.65. The van der Waals surface area contributed by atoms with Crippen molar-refractivity contribution in [2.45, 2.75) is 85.6 Å². The van der Waals surface area contributed by atoms with E-state index in [2.05, 4.69) is 5.32 Å². The summed E-state index contributed by atoms with van der Waals surface area (Å²) < 4.78 is 23.2. The number of aliphatic hydroxyl groups is 2. The molecule has 0 spiro atoms. The first-order chi connectivity index (χ1) is 23.4. The highest BCUT2D eigenvalue weighted by Gasteiger charge is 2.49. The van der Waals surface area contributed by atoms with Crippen molar-refractivity contribution in [1.82, 2.24) is 0 Å². The number of methoxy groups -OCH3 is 1. The SMILES string of the molecule is CO[C@H]1/C=C\O[C@@]2(C)Oc3c(C)c(O)c4c(O)c(cc(O)c4c3C2=O)NC(=O)/C(C)=C\C=C[C@H](C)[C@H](O)[C@@H](C)[C@@H](O)[C@@H](C)[C@H](OC(C)=O)[C@@H]1C. The second kappa shape index (κ2) is 14.7. The summed E-state index contributed by atoms with van der Waals surface area (Å²) in [4.78, 5) is 39.2. The Hall–Kier alpha value is -4.59. The van der Waals surface area contributed by atoms with E-state index < -0.39 is 88.8 Å². The number of nitrogens with one attached hydrogen (secondary N) is 1. The van der Waals surface area contributed by atoms with Crippen LogP contribution in [-0.2, 0) is 23.8 Å². The van der Waals surface area contributed by atoms with Crippen LogP contribution in [0.5, 0.6) is 23.0 Å². The van der Waals surface area contributed by atoms with Crippen LogP contribution in [0.15, 0.2) is 42.2 Å². The number of esters is 1. The van der Waals surface area contributed by atoms with Crippen LogP contribution >= 0.6 is 0 Å². The number of phenols is 3. The molecule has 272 valence electrons. The van der Waals surface area contributed by atoms with Crippen molar-refractivity contribution < 1.29 is 58.9 Å². The molecular weight excluding hydrogens is 650 g/mol. The lowest BCUT2D eigenvalue weighted by Gasteiger charge is -2.38. The number of phenolic OH excluding ortho intramolecular Hbond substituents is 3. The number of Topliss-reactive ketones (excluding diaryl/α,β-unsaturated/α-hetero) is 1. The van der Waals surface area contributed by atoms with E-state index in [1.807, 2.05) is 0 Å². The second-order valence-corrected chi connectivity index (χ2v) is 13.4. The molecule has 3 heterocycles. The van der Waals surface area contributed by atoms with Gasteiger partial charge in [0.15, 0.2) is 5.75 Å². The molecule has 0 saturated heterocycles. The number of fused-ring (bicyclic) bond motifs is 14. The molecule has 1 amide bonds. The van der Waals surface area contributed by atoms with Gasteiger partial charge in [-0.25, -0.2) is 0 Å². The Kier molecular flexibility index (Phi) is 11.2. The molecule has 6 N–H and O–H groups in total. The fraction of sp³-hybridized carbons (Fsp3) is 0.486. The Labute approximate surface area is 290 Å². The molecule has 0 unspecified atom stereocenters. The number of aromatic hydroxyl groups is 3. The summed E-state index contributed by atoms with van der Waals surface area (Å²) in [5, 5.41) is 58.2. The number of rotatable bonds is 2. The maximum absolute atomic E-state index is 13.9. The van der Waals surface area contributed by atoms with Crippen molar-refractivity contribution >= 4 is 34.1 Å². The first kappa shape index (κ1) is 38.2. The van der Waals surface area contributed by atoms with Crippen molar-refractivity contribution in [3.05, 3.63) is 53.3 Å². The lowest BCUT2D eigenvalue weighted by atomic mass is 9.78. The zero-order valence-electron chi connectivity index (χ0n) is 29.7. The lowest BCUT2D eigenvalue weighted by Crippen LogP contribution is -2.46. The molecule has 3 aliphatic rings. The number of benzene rings is 2. The highest BCUT2D eigenvalue weighted by molar-refractivity contribution is 6.21. The number of hydrogen-bond donors (Lipinski definition) is 6. The standard InChI is InChI=1S/C37H47NO12/c1-16-11-10-12-17(2)36(46)38-23-15-24(40)26-27(32(23)44)31(43)21(6)34-28(26)35(45)37(8,50-34)48-14-13-25(47-9)18(3)33(49-22(7)39)20(5)30(42)19(4)29(16)41/h10-16,18-20,25,29-30,33,40-44H,1-9H3,(H,38,46)/b11-10?,14-13-,17-12-/t16-,18+,19+,20+,25-,29-,30+,33+,37-/m0/s1. The van der Waals surface area contributed by atoms with Gasteiger partial charge in [-0.05, 0) is 19.9 Å². The van der Waals surface area contributed by atoms with Crippen LogP contribution in [0.3, 0.4) is 0 Å². The molecule has 50 heavy (non-hydrogen) atoms. The van der Waals surface area contributed by atoms with E-state index in [0.717, 1.165) is 6.07 Å². The molecule has 0 saturated carbocycles. The number of amides is 1. The van der Waals surface area contributed by atoms with E-state index in [1.165, 1.54) is 53.2 Å². The minimum Gasteiger partial charge on any atom is -0.507 e. The van der Waals surface area contributed by atoms with Gasteiger partial charge in [0.2, 0.25) is 0 Å². The van der Waals surface area contributed by atoms with Gasteiger partial charge in [0, 0.05) is 67.2 Å². The smallest absolute Gasteiger partial charge is 0.312 e. The topological polar surface area (TPSA) is 201 Å². The second-order valence-electron chi connectivity index (χ2n) is 13.4. The highest BCUT2D eigenvalue weighted by atomic mass is 16.7. The maximum atomic E-state index is 13.9. The van der Waals surface area contributed by atoms with Crippen molar-refractivity contribution in [2.24, 2.45) is 23.7 Å². The summed E-state index contributed by atoms with van der Waals surface area (Å²) in [6.07, 6.45) is 3.62. The molecule has 9 atom stereocenters. The molecule has 0 radical (unpaired) electrons. The highest BCUT2D eigenvalue weighted by Crippen LogP contribution is 2.53. The number of anilines is 1. The van der Waals surface area contributed by atoms with Crippen LogP contribution in [0.1, 0.15) is 64.4 Å². The summed E-state index contributed by atoms with van der Waals surface area (Å²) in [6, 6.07) is 1.06. The third-order valence-electron chi connectivity index (χ3n) is 9.84. The van der Waals surface area contributed by atoms with Crippen LogP contribution < -0.4 is 10.1 Å². The summed E-state index contributed by atoms with van der Waals surface area (Å²) >= 11 is 0. The van der Waals surface area contributed by atoms with Crippen LogP contribution in [-0.4, -0.2) is 80.5 Å². The monoisotopic (exact) mass is 697 g/mol. The number of aliphatic hydroxyl groups excluding tert-OH is 2. The molecule has 0 aliphatic carbocycles. The Morgan fingerprint density at radius 1 is 0.940 bits per heavy atom. The van der Waals surface area contributed by atoms with Gasteiger partial charge < -0.3 is 49.8 Å². The largest absolute Gasteiger partial charge is 0.507 e. The summed E-state index contributed by atoms with van der Waals surface area (Å²) in [5.41, 5.74) is -0.0929. The van der Waals surface area contributed by atoms with Gasteiger partial charge in [-0.15, -0.1) is 0 Å². The third-order valence-corrected chi connectivity index (χ3v) is 9.84. The fourth-order valence-electron chi connectivity index (χ4n) is 6.65. The minimum absolute atomic E-state index is 0.0709. The Morgan fingerprint density at radius 3 is 2.22 bits per heavy atom. The van der Waals surface area contributed by atoms with Crippen LogP contribution in [0.25, 0.3) is 10.8 Å². The van der Waals surface area contributed by atoms with Crippen molar-refractivity contribution in [2.75, 3.05) is 12.4 Å². The minimum atomic E-state index is -1.98. The summed E-state index contributed by atoms with van der Waals surface area (Å²) in [5.74, 6) is -7.99. The molecule has 2 aromatic carbocycles. The number of carbonyl (C=O) groups excluding carboxylic acids is 3. The third kappa shape index (κ3) is 7.03. The van der Waals surface area contributed by atoms with Gasteiger partial charge >= 0.3 is 11.8 Å². The predicted octanol–water partition coefficient (Wildman–Crippen LogP) is 4.75. The van der Waals surface area contributed by atoms with E-state index in [4.69, 9.17) is 18.9 Å². The number of ketones is 1. The van der Waals surface area contributed by atoms with E-state index in [9.17, 15) is 39.9 Å². The average molecular weight is 698 g/mol. The van der Waals surface area contributed by atoms with Crippen molar-refractivity contribution in [3.63, 3.8) is 0 Å². The molecule has 3 aliphatic heterocycles. The average Bonchev–Trinajstić information content (AvgIpc) is 3.33. The van der Waals surface area contributed by atoms with E-state index >= 15 is 0 Å². The first-order valence-electron chi connectivity index (χ1n) is 16.4. The van der Waals surface area contributed by atoms with Gasteiger partial charge in [-0.3, -0.25) is 14.4 Å². The molecule has 0 fully saturated rings. The summed E-state index contributed by atoms with van der Waals surface area (Å²) in [6.45, 7) is 12.5. The molecule has 2 aromatic rings. The van der Waals surface area contributed by atoms with E-state index in [1.54, 1.807) is 39.8 Å². The van der Waals surface area contributed by atoms with Crippen LogP contribution in [0.4, 0.5) is 5.69 Å². The first-order valence-corrected chi connectivity index (χ1v) is 16.4. The van der Waals surface area contributed by atoms with Gasteiger partial charge in [-0.2, -0.15) is 0 Å². The number of hydrogen-bond acceptors (Lipinski definition) is 12. The van der Waals surface area contributed by atoms with Crippen molar-refractivity contribution in [3.8, 4) is 23.0 Å². The predicted molar refractivity (Wildman–Crippen MR) is 184 cm³/mol. The van der Waals surface area contributed by atoms with Crippen LogP contribution in [0, 0.1) is 30.6 Å². The number of carbonyl (C=O) groups is 3. The zero-order valence-corrected chi connectivity index (χ0v) is 29.7. The van der Waals surface area contributed by atoms with E-state index in [0.29, 0.717) is 0 Å². The van der Waals surface area contributed by atoms with Gasteiger partial charge in [-0.1, -0.05) is 45.9 Å². The Bertz CT molecular complexity index is 1760. The van der Waals surface area contributed by atoms with Gasteiger partial charge in [0.25, 0.3) is 11.7 Å². The van der Waals surface area contributed by atoms with Crippen molar-refractivity contribution in [1.29, 1.82) is 0 Å². The van der Waals surface area contributed by atoms with Gasteiger partial charge in [0.1, 0.15) is 23.4 Å². The number of allylic oxidation sites excluding steroid dienone is 2. The lowest BCUT2D eigenvalue weighted by molar-refractivity contribution is -0.160. The quantitative estimate of drug-likeness (QED) is 0.143. The maximum Gasteiger partial charge on any atom is 0.312 e. The van der Waals surface area contributed by atoms with Gasteiger partial charge in [0.05, 0.1) is 41.2 Å². The number of ether oxygens (including phenoxy) is 4. The Balaban J connectivity index is 1.87. The normalized spacial score (nSPS) is 32.6. The molecule has 5 bridgehead atoms. The zero-order chi connectivity index (χ0) is 37.4. The van der Waals surface area contributed by atoms with Crippen LogP contribution in [0.2, 0.25) is 0 Å².